The van der Waals surface area contributed by atoms with Crippen molar-refractivity contribution in [1.29, 1.82) is 0 Å². The highest BCUT2D eigenvalue weighted by Crippen LogP contribution is 2.29. The SMILES string of the molecule is Nc1cnccc1SCc1ccc(Cl)nc1Cl. The van der Waals surface area contributed by atoms with E-state index in [1.54, 1.807) is 30.2 Å². The average Bonchev–Trinajstić information content (AvgIpc) is 2.30. The Hall–Kier alpha value is -0.970. The zero-order valence-electron chi connectivity index (χ0n) is 8.73. The van der Waals surface area contributed by atoms with Crippen molar-refractivity contribution >= 4 is 40.7 Å². The summed E-state index contributed by atoms with van der Waals surface area (Å²) in [5, 5.41) is 0.824. The fourth-order valence-corrected chi connectivity index (χ4v) is 2.64. The molecule has 17 heavy (non-hydrogen) atoms. The maximum atomic E-state index is 5.98. The third kappa shape index (κ3) is 3.25. The minimum atomic E-state index is 0.396. The van der Waals surface area contributed by atoms with Crippen LogP contribution in [0.4, 0.5) is 5.69 Å². The van der Waals surface area contributed by atoms with Gasteiger partial charge in [-0.05, 0) is 17.7 Å². The Kier molecular flexibility index (Phi) is 4.10. The molecule has 0 aliphatic carbocycles. The lowest BCUT2D eigenvalue weighted by molar-refractivity contribution is 1.24. The highest BCUT2D eigenvalue weighted by Gasteiger charge is 2.05. The molecule has 2 heterocycles. The van der Waals surface area contributed by atoms with E-state index in [1.807, 2.05) is 12.1 Å². The molecule has 0 aromatic carbocycles. The van der Waals surface area contributed by atoms with Crippen molar-refractivity contribution in [1.82, 2.24) is 9.97 Å². The van der Waals surface area contributed by atoms with E-state index in [4.69, 9.17) is 28.9 Å². The Morgan fingerprint density at radius 2 is 2.06 bits per heavy atom. The number of nitrogen functional groups attached to an aromatic ring is 1. The van der Waals surface area contributed by atoms with Crippen LogP contribution in [-0.2, 0) is 5.75 Å². The quantitative estimate of drug-likeness (QED) is 0.691. The molecule has 0 aliphatic rings. The molecule has 2 aromatic heterocycles. The summed E-state index contributed by atoms with van der Waals surface area (Å²) >= 11 is 13.3. The molecule has 6 heteroatoms. The normalized spacial score (nSPS) is 10.5. The first-order valence-corrected chi connectivity index (χ1v) is 6.54. The molecular formula is C11H9Cl2N3S. The van der Waals surface area contributed by atoms with Crippen molar-refractivity contribution in [2.45, 2.75) is 10.6 Å². The van der Waals surface area contributed by atoms with Gasteiger partial charge in [-0.2, -0.15) is 0 Å². The van der Waals surface area contributed by atoms with Gasteiger partial charge in [-0.3, -0.25) is 4.98 Å². The lowest BCUT2D eigenvalue weighted by atomic mass is 10.3. The second-order valence-electron chi connectivity index (χ2n) is 3.29. The number of hydrogen-bond acceptors (Lipinski definition) is 4. The van der Waals surface area contributed by atoms with E-state index in [0.717, 1.165) is 10.5 Å². The summed E-state index contributed by atoms with van der Waals surface area (Å²) in [6, 6.07) is 5.46. The van der Waals surface area contributed by atoms with Gasteiger partial charge in [-0.1, -0.05) is 29.3 Å². The molecule has 3 nitrogen and oxygen atoms in total. The van der Waals surface area contributed by atoms with E-state index in [1.165, 1.54) is 0 Å². The summed E-state index contributed by atoms with van der Waals surface area (Å²) in [6.07, 6.45) is 3.34. The number of halogens is 2. The van der Waals surface area contributed by atoms with Crippen LogP contribution in [0.2, 0.25) is 10.3 Å². The van der Waals surface area contributed by atoms with Gasteiger partial charge in [0.15, 0.2) is 0 Å². The van der Waals surface area contributed by atoms with Gasteiger partial charge >= 0.3 is 0 Å². The topological polar surface area (TPSA) is 51.8 Å². The van der Waals surface area contributed by atoms with E-state index in [-0.39, 0.29) is 0 Å². The van der Waals surface area contributed by atoms with Crippen LogP contribution >= 0.6 is 35.0 Å². The molecule has 0 spiro atoms. The van der Waals surface area contributed by atoms with Crippen molar-refractivity contribution in [3.63, 3.8) is 0 Å². The molecule has 0 radical (unpaired) electrons. The van der Waals surface area contributed by atoms with Crippen LogP contribution in [0.15, 0.2) is 35.5 Å². The molecule has 2 N–H and O–H groups in total. The monoisotopic (exact) mass is 285 g/mol. The Balaban J connectivity index is 2.10. The molecule has 88 valence electrons. The molecule has 0 fully saturated rings. The number of nitrogens with two attached hydrogens (primary N) is 1. The van der Waals surface area contributed by atoms with Crippen LogP contribution in [0.5, 0.6) is 0 Å². The van der Waals surface area contributed by atoms with Crippen LogP contribution in [0.3, 0.4) is 0 Å². The van der Waals surface area contributed by atoms with Crippen molar-refractivity contribution in [2.75, 3.05) is 5.73 Å². The number of aromatic nitrogens is 2. The van der Waals surface area contributed by atoms with E-state index >= 15 is 0 Å². The van der Waals surface area contributed by atoms with E-state index in [2.05, 4.69) is 9.97 Å². The van der Waals surface area contributed by atoms with Gasteiger partial charge in [-0.25, -0.2) is 4.98 Å². The summed E-state index contributed by atoms with van der Waals surface area (Å²) in [7, 11) is 0. The number of thioether (sulfide) groups is 1. The fourth-order valence-electron chi connectivity index (χ4n) is 1.23. The van der Waals surface area contributed by atoms with Gasteiger partial charge in [0.25, 0.3) is 0 Å². The van der Waals surface area contributed by atoms with Crippen LogP contribution in [-0.4, -0.2) is 9.97 Å². The van der Waals surface area contributed by atoms with Gasteiger partial charge in [0, 0.05) is 16.8 Å². The lowest BCUT2D eigenvalue weighted by Gasteiger charge is -2.05. The summed E-state index contributed by atoms with van der Waals surface area (Å²) in [5.41, 5.74) is 7.38. The van der Waals surface area contributed by atoms with Gasteiger partial charge in [0.05, 0.1) is 11.9 Å². The second kappa shape index (κ2) is 5.58. The minimum Gasteiger partial charge on any atom is -0.397 e. The standard InChI is InChI=1S/C11H9Cl2N3S/c12-10-2-1-7(11(13)16-10)6-17-9-3-4-15-5-8(9)14/h1-5H,6,14H2. The smallest absolute Gasteiger partial charge is 0.134 e. The third-order valence-corrected chi connectivity index (χ3v) is 3.76. The number of pyridine rings is 2. The van der Waals surface area contributed by atoms with Crippen LogP contribution in [0.25, 0.3) is 0 Å². The second-order valence-corrected chi connectivity index (χ2v) is 5.05. The predicted molar refractivity (Wildman–Crippen MR) is 72.5 cm³/mol. The molecule has 0 saturated heterocycles. The maximum absolute atomic E-state index is 5.98. The molecule has 0 saturated carbocycles. The third-order valence-electron chi connectivity index (χ3n) is 2.09. The number of anilines is 1. The fraction of sp³-hybridized carbons (Fsp3) is 0.0909. The van der Waals surface area contributed by atoms with Crippen molar-refractivity contribution < 1.29 is 0 Å². The molecule has 0 aliphatic heterocycles. The zero-order valence-corrected chi connectivity index (χ0v) is 11.1. The molecule has 2 rings (SSSR count). The van der Waals surface area contributed by atoms with Crippen LogP contribution in [0.1, 0.15) is 5.56 Å². The largest absolute Gasteiger partial charge is 0.397 e. The van der Waals surface area contributed by atoms with Gasteiger partial charge in [-0.15, -0.1) is 11.8 Å². The first-order valence-electron chi connectivity index (χ1n) is 4.80. The van der Waals surface area contributed by atoms with Gasteiger partial charge in [0.2, 0.25) is 0 Å². The van der Waals surface area contributed by atoms with E-state index in [0.29, 0.717) is 21.7 Å². The predicted octanol–water partition coefficient (Wildman–Crippen LogP) is 3.66. The first kappa shape index (κ1) is 12.5. The molecular weight excluding hydrogens is 277 g/mol. The van der Waals surface area contributed by atoms with Gasteiger partial charge in [0.1, 0.15) is 10.3 Å². The Morgan fingerprint density at radius 3 is 2.76 bits per heavy atom. The number of rotatable bonds is 3. The molecule has 0 atom stereocenters. The first-order chi connectivity index (χ1) is 8.16. The zero-order chi connectivity index (χ0) is 12.3. The molecule has 0 bridgehead atoms. The number of nitrogens with zero attached hydrogens (tertiary/aromatic N) is 2. The highest BCUT2D eigenvalue weighted by atomic mass is 35.5. The average molecular weight is 286 g/mol. The van der Waals surface area contributed by atoms with Crippen molar-refractivity contribution in [2.24, 2.45) is 0 Å². The van der Waals surface area contributed by atoms with Crippen molar-refractivity contribution in [3.05, 3.63) is 46.5 Å². The van der Waals surface area contributed by atoms with E-state index < -0.39 is 0 Å². The molecule has 0 amide bonds. The Morgan fingerprint density at radius 1 is 1.24 bits per heavy atom. The summed E-state index contributed by atoms with van der Waals surface area (Å²) in [4.78, 5) is 8.89. The number of hydrogen-bond donors (Lipinski definition) is 1. The van der Waals surface area contributed by atoms with Crippen LogP contribution in [0, 0.1) is 0 Å². The Bertz CT molecular complexity index is 534. The summed E-state index contributed by atoms with van der Waals surface area (Å²) < 4.78 is 0. The van der Waals surface area contributed by atoms with Crippen LogP contribution < -0.4 is 5.73 Å². The van der Waals surface area contributed by atoms with E-state index in [9.17, 15) is 0 Å². The Labute approximate surface area is 113 Å². The summed E-state index contributed by atoms with van der Waals surface area (Å²) in [6.45, 7) is 0. The lowest BCUT2D eigenvalue weighted by Crippen LogP contribution is -1.91. The van der Waals surface area contributed by atoms with Gasteiger partial charge < -0.3 is 5.73 Å². The molecule has 2 aromatic rings. The highest BCUT2D eigenvalue weighted by molar-refractivity contribution is 7.98. The molecule has 0 unspecified atom stereocenters. The minimum absolute atomic E-state index is 0.396. The maximum Gasteiger partial charge on any atom is 0.134 e. The summed E-state index contributed by atoms with van der Waals surface area (Å²) in [5.74, 6) is 0.692. The van der Waals surface area contributed by atoms with Crippen molar-refractivity contribution in [3.8, 4) is 0 Å².